The summed E-state index contributed by atoms with van der Waals surface area (Å²) in [4.78, 5) is 15.9. The van der Waals surface area contributed by atoms with Crippen molar-refractivity contribution in [3.63, 3.8) is 0 Å². The minimum absolute atomic E-state index is 0.352. The highest BCUT2D eigenvalue weighted by Crippen LogP contribution is 2.31. The molecule has 6 heteroatoms. The van der Waals surface area contributed by atoms with Gasteiger partial charge in [0.1, 0.15) is 5.58 Å². The summed E-state index contributed by atoms with van der Waals surface area (Å²) in [6.07, 6.45) is 0. The van der Waals surface area contributed by atoms with Crippen molar-refractivity contribution in [1.82, 2.24) is 10.1 Å². The van der Waals surface area contributed by atoms with Gasteiger partial charge in [0.25, 0.3) is 5.89 Å². The summed E-state index contributed by atoms with van der Waals surface area (Å²) in [5.41, 5.74) is 4.18. The first kappa shape index (κ1) is 16.1. The highest BCUT2D eigenvalue weighted by atomic mass is 16.5. The Morgan fingerprint density at radius 2 is 1.77 bits per heavy atom. The molecule has 0 aliphatic heterocycles. The number of benzene rings is 2. The molecule has 0 saturated carbocycles. The standard InChI is InChI=1S/C20H16N2O4/c1-11-4-5-12(2)17-15(11)10-16(25-17)18-21-19(26-22-18)13-6-8-14(9-7-13)20(23)24-3/h4-10H,1-3H3. The van der Waals surface area contributed by atoms with Gasteiger partial charge in [-0.1, -0.05) is 17.3 Å². The number of ether oxygens (including phenoxy) is 1. The summed E-state index contributed by atoms with van der Waals surface area (Å²) >= 11 is 0. The number of nitrogens with zero attached hydrogens (tertiary/aromatic N) is 2. The van der Waals surface area contributed by atoms with Crippen molar-refractivity contribution in [3.05, 3.63) is 59.2 Å². The van der Waals surface area contributed by atoms with E-state index in [1.54, 1.807) is 24.3 Å². The quantitative estimate of drug-likeness (QED) is 0.505. The Morgan fingerprint density at radius 1 is 1.04 bits per heavy atom. The van der Waals surface area contributed by atoms with E-state index in [9.17, 15) is 4.79 Å². The summed E-state index contributed by atoms with van der Waals surface area (Å²) in [5.74, 6) is 0.895. The Hall–Kier alpha value is -3.41. The van der Waals surface area contributed by atoms with Crippen LogP contribution < -0.4 is 0 Å². The molecular weight excluding hydrogens is 332 g/mol. The van der Waals surface area contributed by atoms with Crippen molar-refractivity contribution in [2.75, 3.05) is 7.11 Å². The maximum absolute atomic E-state index is 11.5. The van der Waals surface area contributed by atoms with E-state index in [-0.39, 0.29) is 0 Å². The highest BCUT2D eigenvalue weighted by Gasteiger charge is 2.17. The Morgan fingerprint density at radius 3 is 2.46 bits per heavy atom. The lowest BCUT2D eigenvalue weighted by atomic mass is 10.1. The van der Waals surface area contributed by atoms with E-state index in [4.69, 9.17) is 8.94 Å². The van der Waals surface area contributed by atoms with Crippen LogP contribution in [0.5, 0.6) is 0 Å². The molecule has 0 atom stereocenters. The predicted octanol–water partition coefficient (Wildman–Crippen LogP) is 4.55. The SMILES string of the molecule is COC(=O)c1ccc(-c2nc(-c3cc4c(C)ccc(C)c4o3)no2)cc1. The molecule has 0 amide bonds. The van der Waals surface area contributed by atoms with Gasteiger partial charge >= 0.3 is 5.97 Å². The number of carbonyl (C=O) groups excluding carboxylic acids is 1. The molecule has 0 N–H and O–H groups in total. The zero-order chi connectivity index (χ0) is 18.3. The van der Waals surface area contributed by atoms with Crippen LogP contribution in [0.1, 0.15) is 21.5 Å². The lowest BCUT2D eigenvalue weighted by molar-refractivity contribution is 0.0600. The average molecular weight is 348 g/mol. The van der Waals surface area contributed by atoms with Gasteiger partial charge in [0.15, 0.2) is 5.76 Å². The Kier molecular flexibility index (Phi) is 3.80. The molecule has 130 valence electrons. The number of hydrogen-bond acceptors (Lipinski definition) is 6. The smallest absolute Gasteiger partial charge is 0.337 e. The van der Waals surface area contributed by atoms with Crippen LogP contribution >= 0.6 is 0 Å². The molecule has 6 nitrogen and oxygen atoms in total. The topological polar surface area (TPSA) is 78.4 Å². The van der Waals surface area contributed by atoms with E-state index in [0.717, 1.165) is 22.1 Å². The molecule has 2 aromatic carbocycles. The monoisotopic (exact) mass is 348 g/mol. The molecule has 0 spiro atoms. The van der Waals surface area contributed by atoms with E-state index >= 15 is 0 Å². The molecular formula is C20H16N2O4. The molecule has 2 aromatic heterocycles. The summed E-state index contributed by atoms with van der Waals surface area (Å²) in [6.45, 7) is 4.03. The van der Waals surface area contributed by atoms with Crippen LogP contribution in [0.3, 0.4) is 0 Å². The van der Waals surface area contributed by atoms with Crippen molar-refractivity contribution in [2.24, 2.45) is 0 Å². The third-order valence-corrected chi connectivity index (χ3v) is 4.30. The minimum Gasteiger partial charge on any atom is -0.465 e. The van der Waals surface area contributed by atoms with Gasteiger partial charge in [0.2, 0.25) is 5.82 Å². The van der Waals surface area contributed by atoms with Crippen molar-refractivity contribution in [3.8, 4) is 23.0 Å². The maximum atomic E-state index is 11.5. The Bertz CT molecular complexity index is 1070. The fourth-order valence-electron chi connectivity index (χ4n) is 2.81. The molecule has 4 aromatic rings. The second-order valence-electron chi connectivity index (χ2n) is 6.04. The van der Waals surface area contributed by atoms with Gasteiger partial charge in [-0.05, 0) is 55.3 Å². The average Bonchev–Trinajstić information content (AvgIpc) is 3.32. The predicted molar refractivity (Wildman–Crippen MR) is 95.8 cm³/mol. The van der Waals surface area contributed by atoms with E-state index in [1.165, 1.54) is 7.11 Å². The van der Waals surface area contributed by atoms with Crippen LogP contribution in [-0.2, 0) is 4.74 Å². The number of furan rings is 1. The van der Waals surface area contributed by atoms with Crippen molar-refractivity contribution < 1.29 is 18.5 Å². The largest absolute Gasteiger partial charge is 0.465 e. The first-order valence-corrected chi connectivity index (χ1v) is 8.09. The minimum atomic E-state index is -0.393. The summed E-state index contributed by atoms with van der Waals surface area (Å²) in [5, 5.41) is 5.06. The van der Waals surface area contributed by atoms with Crippen LogP contribution in [0, 0.1) is 13.8 Å². The van der Waals surface area contributed by atoms with Crippen molar-refractivity contribution >= 4 is 16.9 Å². The van der Waals surface area contributed by atoms with Crippen molar-refractivity contribution in [1.29, 1.82) is 0 Å². The number of rotatable bonds is 3. The number of fused-ring (bicyclic) bond motifs is 1. The molecule has 4 rings (SSSR count). The first-order chi connectivity index (χ1) is 12.6. The normalized spacial score (nSPS) is 11.0. The van der Waals surface area contributed by atoms with Crippen LogP contribution in [0.2, 0.25) is 0 Å². The zero-order valence-electron chi connectivity index (χ0n) is 14.6. The fourth-order valence-corrected chi connectivity index (χ4v) is 2.81. The number of aromatic nitrogens is 2. The molecule has 0 unspecified atom stereocenters. The van der Waals surface area contributed by atoms with Crippen molar-refractivity contribution in [2.45, 2.75) is 13.8 Å². The van der Waals surface area contributed by atoms with Crippen LogP contribution in [-0.4, -0.2) is 23.2 Å². The number of esters is 1. The van der Waals surface area contributed by atoms with Gasteiger partial charge in [-0.2, -0.15) is 4.98 Å². The van der Waals surface area contributed by atoms with E-state index in [2.05, 4.69) is 20.9 Å². The van der Waals surface area contributed by atoms with E-state index in [1.807, 2.05) is 26.0 Å². The molecule has 0 fully saturated rings. The molecule has 0 aliphatic rings. The third-order valence-electron chi connectivity index (χ3n) is 4.30. The highest BCUT2D eigenvalue weighted by molar-refractivity contribution is 5.90. The summed E-state index contributed by atoms with van der Waals surface area (Å²) in [6, 6.07) is 12.8. The van der Waals surface area contributed by atoms with E-state index < -0.39 is 5.97 Å². The molecule has 0 saturated heterocycles. The molecule has 0 bridgehead atoms. The molecule has 2 heterocycles. The zero-order valence-corrected chi connectivity index (χ0v) is 14.6. The lowest BCUT2D eigenvalue weighted by Crippen LogP contribution is -2.00. The third kappa shape index (κ3) is 2.65. The van der Waals surface area contributed by atoms with Gasteiger partial charge < -0.3 is 13.7 Å². The van der Waals surface area contributed by atoms with E-state index in [0.29, 0.717) is 28.6 Å². The van der Waals surface area contributed by atoms with Gasteiger partial charge in [0.05, 0.1) is 12.7 Å². The molecule has 0 aliphatic carbocycles. The van der Waals surface area contributed by atoms with Gasteiger partial charge in [-0.25, -0.2) is 4.79 Å². The first-order valence-electron chi connectivity index (χ1n) is 8.09. The maximum Gasteiger partial charge on any atom is 0.337 e. The Balaban J connectivity index is 1.69. The lowest BCUT2D eigenvalue weighted by Gasteiger charge is -1.99. The number of hydrogen-bond donors (Lipinski definition) is 0. The summed E-state index contributed by atoms with van der Waals surface area (Å²) < 4.78 is 16.0. The number of methoxy groups -OCH3 is 1. The van der Waals surface area contributed by atoms with Crippen LogP contribution in [0.25, 0.3) is 34.0 Å². The molecule has 0 radical (unpaired) electrons. The summed E-state index contributed by atoms with van der Waals surface area (Å²) in [7, 11) is 1.34. The Labute approximate surface area is 149 Å². The number of aryl methyl sites for hydroxylation is 2. The fraction of sp³-hybridized carbons (Fsp3) is 0.150. The van der Waals surface area contributed by atoms with Gasteiger partial charge in [0, 0.05) is 10.9 Å². The van der Waals surface area contributed by atoms with Crippen LogP contribution in [0.15, 0.2) is 51.4 Å². The van der Waals surface area contributed by atoms with Gasteiger partial charge in [-0.3, -0.25) is 0 Å². The van der Waals surface area contributed by atoms with Gasteiger partial charge in [-0.15, -0.1) is 0 Å². The van der Waals surface area contributed by atoms with Crippen LogP contribution in [0.4, 0.5) is 0 Å². The second kappa shape index (κ2) is 6.15. The molecule has 26 heavy (non-hydrogen) atoms. The number of carbonyl (C=O) groups is 1. The second-order valence-corrected chi connectivity index (χ2v) is 6.04.